The van der Waals surface area contributed by atoms with Gasteiger partial charge in [-0.25, -0.2) is 4.79 Å². The minimum absolute atomic E-state index is 0.0642. The Kier molecular flexibility index (Phi) is 6.70. The van der Waals surface area contributed by atoms with Crippen molar-refractivity contribution >= 4 is 17.7 Å². The Morgan fingerprint density at radius 3 is 2.61 bits per heavy atom. The zero-order chi connectivity index (χ0) is 23.1. The first-order chi connectivity index (χ1) is 15.9. The number of hydrazone groups is 1. The van der Waals surface area contributed by atoms with E-state index in [9.17, 15) is 9.59 Å². The van der Waals surface area contributed by atoms with Crippen LogP contribution in [-0.4, -0.2) is 79.5 Å². The van der Waals surface area contributed by atoms with Crippen LogP contribution in [0.3, 0.4) is 0 Å². The van der Waals surface area contributed by atoms with Crippen molar-refractivity contribution in [3.8, 4) is 0 Å². The summed E-state index contributed by atoms with van der Waals surface area (Å²) in [5, 5.41) is 14.4. The van der Waals surface area contributed by atoms with Crippen LogP contribution in [0.4, 0.5) is 4.79 Å². The molecule has 6 atom stereocenters. The normalized spacial score (nSPS) is 35.2. The van der Waals surface area contributed by atoms with Gasteiger partial charge in [0.15, 0.2) is 0 Å². The first-order valence-electron chi connectivity index (χ1n) is 12.0. The molecule has 0 aromatic rings. The Bertz CT molecular complexity index is 869. The molecule has 1 saturated carbocycles. The molecule has 8 nitrogen and oxygen atoms in total. The fourth-order valence-electron chi connectivity index (χ4n) is 5.46. The molecule has 33 heavy (non-hydrogen) atoms. The van der Waals surface area contributed by atoms with Crippen molar-refractivity contribution in [2.24, 2.45) is 28.8 Å². The van der Waals surface area contributed by atoms with Crippen LogP contribution in [0.25, 0.3) is 0 Å². The molecule has 2 amide bonds. The van der Waals surface area contributed by atoms with Crippen molar-refractivity contribution in [3.63, 3.8) is 0 Å². The van der Waals surface area contributed by atoms with E-state index in [1.165, 1.54) is 9.44 Å². The molecule has 0 spiro atoms. The standard InChI is InChI=1S/C24H33IN3O5/c1-14(2)13-32-20-4-3-5-21(22(20)18-10-25-18)33-17-8-15-11-27(12-16(15)9-17)24(31)28-7-6-19(26-28)23(29)30/h3-5,14-18,20,22H,6-13H2,1-2H3,(H,29,30)/q-1/t15-,16+,17?,18?,20?,22?. The Hall–Kier alpha value is -1.62. The van der Waals surface area contributed by atoms with E-state index in [2.05, 4.69) is 37.2 Å². The minimum atomic E-state index is -1.04. The molecule has 2 saturated heterocycles. The Morgan fingerprint density at radius 1 is 1.27 bits per heavy atom. The Morgan fingerprint density at radius 2 is 2.00 bits per heavy atom. The second-order valence-corrected chi connectivity index (χ2v) is 13.5. The molecule has 0 radical (unpaired) electrons. The van der Waals surface area contributed by atoms with Crippen LogP contribution in [-0.2, 0) is 14.3 Å². The molecule has 2 aliphatic carbocycles. The molecule has 3 fully saturated rings. The van der Waals surface area contributed by atoms with Crippen LogP contribution >= 0.6 is 0 Å². The number of hydrogen-bond acceptors (Lipinski definition) is 5. The number of allylic oxidation sites excluding steroid dienone is 2. The number of rotatable bonds is 7. The number of urea groups is 1. The van der Waals surface area contributed by atoms with Gasteiger partial charge in [-0.2, -0.15) is 0 Å². The molecule has 0 aromatic heterocycles. The number of carboxylic acids is 1. The first kappa shape index (κ1) is 23.1. The zero-order valence-electron chi connectivity index (χ0n) is 19.2. The third-order valence-electron chi connectivity index (χ3n) is 7.14. The first-order valence-corrected chi connectivity index (χ1v) is 14.8. The van der Waals surface area contributed by atoms with E-state index in [4.69, 9.17) is 14.6 Å². The number of carbonyl (C=O) groups is 2. The zero-order valence-corrected chi connectivity index (χ0v) is 21.4. The third kappa shape index (κ3) is 5.08. The summed E-state index contributed by atoms with van der Waals surface area (Å²) in [5.41, 5.74) is 0.0642. The topological polar surface area (TPSA) is 91.7 Å². The van der Waals surface area contributed by atoms with Crippen molar-refractivity contribution in [2.75, 3.05) is 30.7 Å². The van der Waals surface area contributed by atoms with E-state index in [0.29, 0.717) is 49.7 Å². The second-order valence-electron chi connectivity index (χ2n) is 10.1. The van der Waals surface area contributed by atoms with Crippen molar-refractivity contribution in [1.82, 2.24) is 9.91 Å². The maximum absolute atomic E-state index is 12.8. The molecule has 1 N–H and O–H groups in total. The average Bonchev–Trinajstić information content (AvgIpc) is 3.17. The molecule has 5 rings (SSSR count). The van der Waals surface area contributed by atoms with Crippen molar-refractivity contribution in [1.29, 1.82) is 0 Å². The molecule has 9 heteroatoms. The summed E-state index contributed by atoms with van der Waals surface area (Å²) in [4.78, 5) is 25.7. The Balaban J connectivity index is 1.15. The average molecular weight is 570 g/mol. The second kappa shape index (κ2) is 9.56. The molecule has 3 heterocycles. The fraction of sp³-hybridized carbons (Fsp3) is 0.708. The molecule has 5 aliphatic rings. The SMILES string of the molecule is CC(C)COC1C=CC=C(OC2C[C@@H]3CN(C(=O)N4CCC(C(=O)O)=N4)C[C@@H]3C2)C1C1C[I-]1. The van der Waals surface area contributed by atoms with E-state index >= 15 is 0 Å². The number of ether oxygens (including phenoxy) is 2. The number of carbonyl (C=O) groups excluding carboxylic acids is 1. The van der Waals surface area contributed by atoms with Gasteiger partial charge in [0, 0.05) is 6.42 Å². The monoisotopic (exact) mass is 570 g/mol. The van der Waals surface area contributed by atoms with Gasteiger partial charge in [0.05, 0.1) is 0 Å². The summed E-state index contributed by atoms with van der Waals surface area (Å²) in [5.74, 6) is 1.83. The number of aliphatic carboxylic acids is 1. The number of halogens is 1. The van der Waals surface area contributed by atoms with Crippen LogP contribution < -0.4 is 21.2 Å². The third-order valence-corrected chi connectivity index (χ3v) is 9.81. The van der Waals surface area contributed by atoms with Crippen LogP contribution in [0.15, 0.2) is 29.1 Å². The van der Waals surface area contributed by atoms with Gasteiger partial charge in [0.1, 0.15) is 5.71 Å². The van der Waals surface area contributed by atoms with Crippen molar-refractivity contribution in [3.05, 3.63) is 24.0 Å². The van der Waals surface area contributed by atoms with E-state index in [0.717, 1.165) is 29.1 Å². The van der Waals surface area contributed by atoms with Gasteiger partial charge < -0.3 is 5.11 Å². The molecule has 0 aromatic carbocycles. The van der Waals surface area contributed by atoms with Crippen molar-refractivity contribution < 1.29 is 45.4 Å². The van der Waals surface area contributed by atoms with E-state index in [1.807, 2.05) is 4.90 Å². The molecular weight excluding hydrogens is 537 g/mol. The van der Waals surface area contributed by atoms with Crippen molar-refractivity contribution in [2.45, 2.75) is 49.2 Å². The molecule has 3 aliphatic heterocycles. The Labute approximate surface area is 205 Å². The molecule has 0 bridgehead atoms. The number of carboxylic acid groups (broad SMARTS) is 1. The number of alkyl halides is 2. The number of amides is 2. The van der Waals surface area contributed by atoms with E-state index in [1.54, 1.807) is 0 Å². The van der Waals surface area contributed by atoms with Gasteiger partial charge >= 0.3 is 184 Å². The quantitative estimate of drug-likeness (QED) is 0.331. The van der Waals surface area contributed by atoms with Gasteiger partial charge in [-0.05, 0) is 0 Å². The maximum atomic E-state index is 12.8. The van der Waals surface area contributed by atoms with E-state index in [-0.39, 0.29) is 45.2 Å². The summed E-state index contributed by atoms with van der Waals surface area (Å²) < 4.78 is 15.0. The predicted octanol–water partition coefficient (Wildman–Crippen LogP) is -0.438. The molecular formula is C24H33IN3O5-. The summed E-state index contributed by atoms with van der Waals surface area (Å²) in [7, 11) is 0. The fourth-order valence-corrected chi connectivity index (χ4v) is 7.61. The number of fused-ring (bicyclic) bond motifs is 1. The molecule has 182 valence electrons. The van der Waals surface area contributed by atoms with Gasteiger partial charge in [-0.3, -0.25) is 0 Å². The van der Waals surface area contributed by atoms with E-state index < -0.39 is 5.97 Å². The number of hydrogen-bond donors (Lipinski definition) is 1. The van der Waals surface area contributed by atoms with Crippen LogP contribution in [0.2, 0.25) is 0 Å². The summed E-state index contributed by atoms with van der Waals surface area (Å²) in [6.07, 6.45) is 9.01. The van der Waals surface area contributed by atoms with Crippen LogP contribution in [0.5, 0.6) is 0 Å². The van der Waals surface area contributed by atoms with Gasteiger partial charge in [-0.15, -0.1) is 0 Å². The summed E-state index contributed by atoms with van der Waals surface area (Å²) in [6, 6.07) is -0.166. The summed E-state index contributed by atoms with van der Waals surface area (Å²) >= 11 is 0.281. The summed E-state index contributed by atoms with van der Waals surface area (Å²) in [6.45, 7) is 6.90. The molecule has 4 unspecified atom stereocenters. The number of likely N-dealkylation sites (tertiary alicyclic amines) is 1. The van der Waals surface area contributed by atoms with Crippen LogP contribution in [0, 0.1) is 23.7 Å². The number of nitrogens with zero attached hydrogens (tertiary/aromatic N) is 3. The van der Waals surface area contributed by atoms with Gasteiger partial charge in [-0.1, -0.05) is 0 Å². The van der Waals surface area contributed by atoms with Gasteiger partial charge in [0.2, 0.25) is 0 Å². The van der Waals surface area contributed by atoms with Crippen LogP contribution in [0.1, 0.15) is 33.1 Å². The predicted molar refractivity (Wildman–Crippen MR) is 118 cm³/mol. The van der Waals surface area contributed by atoms with Gasteiger partial charge in [0.25, 0.3) is 0 Å².